The van der Waals surface area contributed by atoms with Crippen molar-refractivity contribution in [1.82, 2.24) is 15.0 Å². The van der Waals surface area contributed by atoms with E-state index in [1.807, 2.05) is 18.2 Å². The molecule has 0 saturated heterocycles. The van der Waals surface area contributed by atoms with E-state index in [1.54, 1.807) is 7.11 Å². The molecule has 0 spiro atoms. The largest absolute Gasteiger partial charge is 0.497 e. The van der Waals surface area contributed by atoms with Crippen LogP contribution in [-0.4, -0.2) is 22.1 Å². The third-order valence-electron chi connectivity index (χ3n) is 4.29. The Morgan fingerprint density at radius 2 is 1.86 bits per heavy atom. The van der Waals surface area contributed by atoms with Crippen molar-refractivity contribution in [2.24, 2.45) is 0 Å². The zero-order valence-electron chi connectivity index (χ0n) is 15.6. The molecular formula is C20H20N6OS. The van der Waals surface area contributed by atoms with Gasteiger partial charge in [0.1, 0.15) is 17.8 Å². The van der Waals surface area contributed by atoms with Crippen LogP contribution in [0.4, 0.5) is 22.5 Å². The molecule has 2 heterocycles. The summed E-state index contributed by atoms with van der Waals surface area (Å²) in [5.41, 5.74) is 9.98. The van der Waals surface area contributed by atoms with Crippen molar-refractivity contribution in [1.29, 1.82) is 0 Å². The van der Waals surface area contributed by atoms with Crippen molar-refractivity contribution < 1.29 is 4.74 Å². The van der Waals surface area contributed by atoms with Gasteiger partial charge in [-0.25, -0.2) is 15.0 Å². The number of hydrogen-bond acceptors (Lipinski definition) is 8. The molecule has 28 heavy (non-hydrogen) atoms. The summed E-state index contributed by atoms with van der Waals surface area (Å²) in [6, 6.07) is 14.1. The Hall–Kier alpha value is -3.39. The van der Waals surface area contributed by atoms with Crippen LogP contribution in [-0.2, 0) is 6.54 Å². The molecule has 4 aromatic rings. The maximum Gasteiger partial charge on any atom is 0.189 e. The van der Waals surface area contributed by atoms with E-state index in [-0.39, 0.29) is 0 Å². The number of rotatable bonds is 6. The van der Waals surface area contributed by atoms with Crippen molar-refractivity contribution in [3.05, 3.63) is 59.9 Å². The van der Waals surface area contributed by atoms with Gasteiger partial charge in [-0.2, -0.15) is 0 Å². The highest BCUT2D eigenvalue weighted by Crippen LogP contribution is 2.32. The minimum Gasteiger partial charge on any atom is -0.497 e. The van der Waals surface area contributed by atoms with Crippen LogP contribution in [0.25, 0.3) is 10.2 Å². The van der Waals surface area contributed by atoms with Gasteiger partial charge < -0.3 is 21.1 Å². The van der Waals surface area contributed by atoms with Gasteiger partial charge in [0.05, 0.1) is 17.3 Å². The lowest BCUT2D eigenvalue weighted by Crippen LogP contribution is -2.08. The smallest absolute Gasteiger partial charge is 0.189 e. The van der Waals surface area contributed by atoms with Crippen LogP contribution in [0.3, 0.4) is 0 Å². The van der Waals surface area contributed by atoms with E-state index in [2.05, 4.69) is 56.8 Å². The molecule has 7 nitrogen and oxygen atoms in total. The van der Waals surface area contributed by atoms with E-state index in [0.717, 1.165) is 21.5 Å². The SMILES string of the molecule is COc1ccc2nc(Nc3ncnc(NCc4ccc(C)cc4)c3N)sc2c1. The Labute approximate surface area is 166 Å². The van der Waals surface area contributed by atoms with Crippen molar-refractivity contribution in [3.8, 4) is 5.75 Å². The number of hydrogen-bond donors (Lipinski definition) is 3. The van der Waals surface area contributed by atoms with E-state index in [0.29, 0.717) is 29.0 Å². The zero-order valence-corrected chi connectivity index (χ0v) is 16.4. The lowest BCUT2D eigenvalue weighted by molar-refractivity contribution is 0.415. The number of thiazole rings is 1. The summed E-state index contributed by atoms with van der Waals surface area (Å²) >= 11 is 1.51. The van der Waals surface area contributed by atoms with Gasteiger partial charge in [-0.05, 0) is 30.7 Å². The summed E-state index contributed by atoms with van der Waals surface area (Å²) in [6.45, 7) is 2.69. The predicted molar refractivity (Wildman–Crippen MR) is 114 cm³/mol. The van der Waals surface area contributed by atoms with Gasteiger partial charge in [0.2, 0.25) is 0 Å². The van der Waals surface area contributed by atoms with Crippen LogP contribution < -0.4 is 21.1 Å². The maximum atomic E-state index is 6.27. The Kier molecular flexibility index (Phi) is 4.94. The Bertz CT molecular complexity index is 1110. The Morgan fingerprint density at radius 3 is 2.64 bits per heavy atom. The first-order valence-corrected chi connectivity index (χ1v) is 9.55. The van der Waals surface area contributed by atoms with Crippen LogP contribution in [0.5, 0.6) is 5.75 Å². The van der Waals surface area contributed by atoms with Crippen LogP contribution in [0, 0.1) is 6.92 Å². The fourth-order valence-electron chi connectivity index (χ4n) is 2.71. The van der Waals surface area contributed by atoms with Gasteiger partial charge in [0.25, 0.3) is 0 Å². The van der Waals surface area contributed by atoms with Gasteiger partial charge in [-0.1, -0.05) is 41.2 Å². The minimum absolute atomic E-state index is 0.450. The molecule has 0 unspecified atom stereocenters. The van der Waals surface area contributed by atoms with E-state index in [9.17, 15) is 0 Å². The lowest BCUT2D eigenvalue weighted by Gasteiger charge is -2.11. The summed E-state index contributed by atoms with van der Waals surface area (Å²) in [5.74, 6) is 1.90. The van der Waals surface area contributed by atoms with E-state index >= 15 is 0 Å². The monoisotopic (exact) mass is 392 g/mol. The molecule has 4 N–H and O–H groups in total. The van der Waals surface area contributed by atoms with Gasteiger partial charge in [-0.15, -0.1) is 0 Å². The van der Waals surface area contributed by atoms with E-state index in [1.165, 1.54) is 23.2 Å². The number of aromatic nitrogens is 3. The molecule has 2 aromatic carbocycles. The summed E-state index contributed by atoms with van der Waals surface area (Å²) in [5, 5.41) is 7.17. The van der Waals surface area contributed by atoms with Crippen LogP contribution >= 0.6 is 11.3 Å². The highest BCUT2D eigenvalue weighted by Gasteiger charge is 2.11. The quantitative estimate of drug-likeness (QED) is 0.449. The topological polar surface area (TPSA) is 98.0 Å². The summed E-state index contributed by atoms with van der Waals surface area (Å²) in [4.78, 5) is 13.1. The Morgan fingerprint density at radius 1 is 1.07 bits per heavy atom. The first-order valence-electron chi connectivity index (χ1n) is 8.74. The molecular weight excluding hydrogens is 372 g/mol. The van der Waals surface area contributed by atoms with Gasteiger partial charge in [0, 0.05) is 6.54 Å². The number of aryl methyl sites for hydroxylation is 1. The third-order valence-corrected chi connectivity index (χ3v) is 5.22. The molecule has 0 aliphatic rings. The number of nitrogens with zero attached hydrogens (tertiary/aromatic N) is 3. The Balaban J connectivity index is 1.52. The number of anilines is 4. The molecule has 0 fully saturated rings. The normalized spacial score (nSPS) is 10.8. The molecule has 0 amide bonds. The van der Waals surface area contributed by atoms with Crippen molar-refractivity contribution in [2.45, 2.75) is 13.5 Å². The standard InChI is InChI=1S/C20H20N6OS/c1-12-3-5-13(6-4-12)10-22-18-17(21)19(24-11-23-18)26-20-25-15-8-7-14(27-2)9-16(15)28-20/h3-9,11H,10,21H2,1-2H3,(H2,22,23,24,25,26). The second kappa shape index (κ2) is 7.69. The number of nitrogen functional groups attached to an aromatic ring is 1. The number of benzene rings is 2. The molecule has 0 aliphatic heterocycles. The maximum absolute atomic E-state index is 6.27. The molecule has 0 radical (unpaired) electrons. The summed E-state index contributed by atoms with van der Waals surface area (Å²) < 4.78 is 6.28. The van der Waals surface area contributed by atoms with Gasteiger partial charge in [-0.3, -0.25) is 0 Å². The van der Waals surface area contributed by atoms with Crippen LogP contribution in [0.1, 0.15) is 11.1 Å². The predicted octanol–water partition coefficient (Wildman–Crippen LogP) is 4.34. The van der Waals surface area contributed by atoms with Gasteiger partial charge >= 0.3 is 0 Å². The average molecular weight is 392 g/mol. The molecule has 2 aromatic heterocycles. The lowest BCUT2D eigenvalue weighted by atomic mass is 10.1. The average Bonchev–Trinajstić information content (AvgIpc) is 3.11. The van der Waals surface area contributed by atoms with Gasteiger partial charge in [0.15, 0.2) is 16.8 Å². The molecule has 0 saturated carbocycles. The number of ether oxygens (including phenoxy) is 1. The molecule has 142 valence electrons. The fourth-order valence-corrected chi connectivity index (χ4v) is 3.61. The molecule has 0 atom stereocenters. The highest BCUT2D eigenvalue weighted by atomic mass is 32.1. The van der Waals surface area contributed by atoms with Crippen molar-refractivity contribution in [2.75, 3.05) is 23.5 Å². The molecule has 0 aliphatic carbocycles. The van der Waals surface area contributed by atoms with Crippen LogP contribution in [0.2, 0.25) is 0 Å². The molecule has 8 heteroatoms. The summed E-state index contributed by atoms with van der Waals surface area (Å²) in [6.07, 6.45) is 1.48. The van der Waals surface area contributed by atoms with Crippen LogP contribution in [0.15, 0.2) is 48.8 Å². The summed E-state index contributed by atoms with van der Waals surface area (Å²) in [7, 11) is 1.65. The first-order chi connectivity index (χ1) is 13.6. The second-order valence-corrected chi connectivity index (χ2v) is 7.33. The third kappa shape index (κ3) is 3.81. The fraction of sp³-hybridized carbons (Fsp3) is 0.150. The highest BCUT2D eigenvalue weighted by molar-refractivity contribution is 7.22. The van der Waals surface area contributed by atoms with Crippen molar-refractivity contribution in [3.63, 3.8) is 0 Å². The number of fused-ring (bicyclic) bond motifs is 1. The first kappa shape index (κ1) is 18.0. The van der Waals surface area contributed by atoms with E-state index in [4.69, 9.17) is 10.5 Å². The zero-order chi connectivity index (χ0) is 19.5. The second-order valence-electron chi connectivity index (χ2n) is 6.30. The number of nitrogens with two attached hydrogens (primary N) is 1. The van der Waals surface area contributed by atoms with E-state index < -0.39 is 0 Å². The number of nitrogens with one attached hydrogen (secondary N) is 2. The molecule has 0 bridgehead atoms. The number of methoxy groups -OCH3 is 1. The molecule has 4 rings (SSSR count). The minimum atomic E-state index is 0.450. The van der Waals surface area contributed by atoms with Crippen molar-refractivity contribution >= 4 is 44.0 Å².